The van der Waals surface area contributed by atoms with Gasteiger partial charge >= 0.3 is 0 Å². The number of benzene rings is 3. The lowest BCUT2D eigenvalue weighted by Crippen LogP contribution is -2.19. The van der Waals surface area contributed by atoms with Gasteiger partial charge in [-0.05, 0) is 30.4 Å². The van der Waals surface area contributed by atoms with Crippen molar-refractivity contribution in [1.29, 1.82) is 0 Å². The van der Waals surface area contributed by atoms with E-state index in [1.165, 1.54) is 6.42 Å². The van der Waals surface area contributed by atoms with Gasteiger partial charge in [0, 0.05) is 39.7 Å². The highest BCUT2D eigenvalue weighted by Gasteiger charge is 2.25. The Bertz CT molecular complexity index is 1260. The fourth-order valence-electron chi connectivity index (χ4n) is 4.84. The zero-order chi connectivity index (χ0) is 21.2. The van der Waals surface area contributed by atoms with Crippen molar-refractivity contribution in [1.82, 2.24) is 4.57 Å². The van der Waals surface area contributed by atoms with E-state index in [0.717, 1.165) is 58.6 Å². The zero-order valence-corrected chi connectivity index (χ0v) is 17.5. The largest absolute Gasteiger partial charge is 0.337 e. The molecule has 1 fully saturated rings. The summed E-state index contributed by atoms with van der Waals surface area (Å²) in [5, 5.41) is 6.10. The summed E-state index contributed by atoms with van der Waals surface area (Å²) in [5.41, 5.74) is 2.48. The van der Waals surface area contributed by atoms with E-state index in [-0.39, 0.29) is 24.2 Å². The Morgan fingerprint density at radius 3 is 2.39 bits per heavy atom. The predicted molar refractivity (Wildman–Crippen MR) is 125 cm³/mol. The quantitative estimate of drug-likeness (QED) is 0.399. The molecule has 3 aromatic carbocycles. The average molecular weight is 411 g/mol. The van der Waals surface area contributed by atoms with Crippen molar-refractivity contribution in [2.75, 3.05) is 5.32 Å². The van der Waals surface area contributed by atoms with E-state index in [1.807, 2.05) is 77.5 Å². The second-order valence-corrected chi connectivity index (χ2v) is 8.46. The van der Waals surface area contributed by atoms with Gasteiger partial charge in [0.1, 0.15) is 6.54 Å². The first-order valence-electron chi connectivity index (χ1n) is 11.1. The van der Waals surface area contributed by atoms with Crippen molar-refractivity contribution >= 4 is 39.1 Å². The molecule has 1 aromatic heterocycles. The Morgan fingerprint density at radius 2 is 1.55 bits per heavy atom. The number of carbonyl (C=O) groups excluding carboxylic acids is 2. The van der Waals surface area contributed by atoms with Crippen LogP contribution in [0.15, 0.2) is 72.9 Å². The van der Waals surface area contributed by atoms with Gasteiger partial charge in [0.25, 0.3) is 0 Å². The van der Waals surface area contributed by atoms with Crippen molar-refractivity contribution in [3.05, 3.63) is 78.5 Å². The minimum atomic E-state index is -0.103. The van der Waals surface area contributed by atoms with Gasteiger partial charge in [-0.1, -0.05) is 73.9 Å². The Morgan fingerprint density at radius 1 is 0.839 bits per heavy atom. The molecule has 0 aliphatic heterocycles. The van der Waals surface area contributed by atoms with Crippen LogP contribution in [0.5, 0.6) is 0 Å². The number of fused-ring (bicyclic) bond motifs is 2. The van der Waals surface area contributed by atoms with Gasteiger partial charge in [0.15, 0.2) is 5.78 Å². The Balaban J connectivity index is 1.42. The lowest BCUT2D eigenvalue weighted by molar-refractivity contribution is -0.116. The number of nitrogens with one attached hydrogen (secondary N) is 1. The molecular formula is C27H26N2O2. The standard InChI is InChI=1S/C27H26N2O2/c30-26(28-24-15-8-12-19-9-4-5-13-21(19)24)18-29-17-23(22-14-6-7-16-25(22)29)27(31)20-10-2-1-3-11-20/h4-9,12-17,20H,1-3,10-11,18H2,(H,28,30). The van der Waals surface area contributed by atoms with Gasteiger partial charge in [-0.3, -0.25) is 9.59 Å². The molecule has 31 heavy (non-hydrogen) atoms. The number of amides is 1. The number of hydrogen-bond acceptors (Lipinski definition) is 2. The molecule has 0 spiro atoms. The maximum Gasteiger partial charge on any atom is 0.244 e. The SMILES string of the molecule is O=C(Cn1cc(C(=O)C2CCCCC2)c2ccccc21)Nc1cccc2ccccc12. The summed E-state index contributed by atoms with van der Waals surface area (Å²) < 4.78 is 1.91. The summed E-state index contributed by atoms with van der Waals surface area (Å²) in [6.45, 7) is 0.168. The highest BCUT2D eigenvalue weighted by atomic mass is 16.2. The topological polar surface area (TPSA) is 51.1 Å². The van der Waals surface area contributed by atoms with E-state index in [0.29, 0.717) is 0 Å². The molecule has 156 valence electrons. The summed E-state index contributed by atoms with van der Waals surface area (Å²) in [4.78, 5) is 26.2. The molecule has 1 heterocycles. The van der Waals surface area contributed by atoms with Crippen LogP contribution in [0.2, 0.25) is 0 Å². The van der Waals surface area contributed by atoms with Crippen molar-refractivity contribution in [3.63, 3.8) is 0 Å². The number of para-hydroxylation sites is 1. The number of ketones is 1. The first-order valence-corrected chi connectivity index (χ1v) is 11.1. The number of anilines is 1. The molecule has 1 aliphatic carbocycles. The van der Waals surface area contributed by atoms with Gasteiger partial charge in [0.2, 0.25) is 5.91 Å². The summed E-state index contributed by atoms with van der Waals surface area (Å²) in [5.74, 6) is 0.232. The van der Waals surface area contributed by atoms with E-state index in [9.17, 15) is 9.59 Å². The number of hydrogen-bond donors (Lipinski definition) is 1. The lowest BCUT2D eigenvalue weighted by Gasteiger charge is -2.19. The molecule has 4 heteroatoms. The first kappa shape index (κ1) is 19.6. The molecule has 5 rings (SSSR count). The summed E-state index contributed by atoms with van der Waals surface area (Å²) in [6.07, 6.45) is 7.30. The molecule has 1 aliphatic rings. The van der Waals surface area contributed by atoms with Crippen molar-refractivity contribution in [2.24, 2.45) is 5.92 Å². The van der Waals surface area contributed by atoms with Crippen LogP contribution in [0.3, 0.4) is 0 Å². The van der Waals surface area contributed by atoms with Crippen LogP contribution in [0, 0.1) is 5.92 Å². The fourth-order valence-corrected chi connectivity index (χ4v) is 4.84. The van der Waals surface area contributed by atoms with Crippen LogP contribution in [0.4, 0.5) is 5.69 Å². The number of Topliss-reactive ketones (excluding diaryl/α,β-unsaturated/α-hetero) is 1. The molecule has 0 bridgehead atoms. The van der Waals surface area contributed by atoms with Gasteiger partial charge in [-0.2, -0.15) is 0 Å². The van der Waals surface area contributed by atoms with Crippen LogP contribution in [-0.4, -0.2) is 16.3 Å². The second kappa shape index (κ2) is 8.38. The highest BCUT2D eigenvalue weighted by molar-refractivity contribution is 6.09. The minimum absolute atomic E-state index is 0.103. The fraction of sp³-hybridized carbons (Fsp3) is 0.259. The average Bonchev–Trinajstić information content (AvgIpc) is 3.18. The monoisotopic (exact) mass is 410 g/mol. The third kappa shape index (κ3) is 3.86. The number of carbonyl (C=O) groups is 2. The first-order chi connectivity index (χ1) is 15.2. The van der Waals surface area contributed by atoms with Gasteiger partial charge in [-0.25, -0.2) is 0 Å². The van der Waals surface area contributed by atoms with E-state index in [4.69, 9.17) is 0 Å². The van der Waals surface area contributed by atoms with E-state index < -0.39 is 0 Å². The second-order valence-electron chi connectivity index (χ2n) is 8.46. The smallest absolute Gasteiger partial charge is 0.244 e. The van der Waals surface area contributed by atoms with Crippen LogP contribution in [0.25, 0.3) is 21.7 Å². The predicted octanol–water partition coefficient (Wildman–Crippen LogP) is 6.20. The van der Waals surface area contributed by atoms with Crippen molar-refractivity contribution < 1.29 is 9.59 Å². The van der Waals surface area contributed by atoms with Gasteiger partial charge in [-0.15, -0.1) is 0 Å². The summed E-state index contributed by atoms with van der Waals surface area (Å²) in [6, 6.07) is 21.8. The summed E-state index contributed by atoms with van der Waals surface area (Å²) >= 11 is 0. The van der Waals surface area contributed by atoms with Gasteiger partial charge < -0.3 is 9.88 Å². The maximum absolute atomic E-state index is 13.2. The molecule has 1 amide bonds. The van der Waals surface area contributed by atoms with E-state index >= 15 is 0 Å². The third-order valence-electron chi connectivity index (χ3n) is 6.41. The molecule has 1 saturated carbocycles. The molecule has 0 unspecified atom stereocenters. The molecular weight excluding hydrogens is 384 g/mol. The van der Waals surface area contributed by atoms with Crippen LogP contribution < -0.4 is 5.32 Å². The molecule has 4 nitrogen and oxygen atoms in total. The number of rotatable bonds is 5. The third-order valence-corrected chi connectivity index (χ3v) is 6.41. The van der Waals surface area contributed by atoms with Crippen molar-refractivity contribution in [3.8, 4) is 0 Å². The normalized spacial score (nSPS) is 14.7. The Labute approximate surface area is 181 Å². The van der Waals surface area contributed by atoms with Crippen LogP contribution in [-0.2, 0) is 11.3 Å². The van der Waals surface area contributed by atoms with E-state index in [2.05, 4.69) is 5.32 Å². The molecule has 0 saturated heterocycles. The molecule has 0 radical (unpaired) electrons. The lowest BCUT2D eigenvalue weighted by atomic mass is 9.84. The van der Waals surface area contributed by atoms with Gasteiger partial charge in [0.05, 0.1) is 0 Å². The zero-order valence-electron chi connectivity index (χ0n) is 17.5. The van der Waals surface area contributed by atoms with Crippen molar-refractivity contribution in [2.45, 2.75) is 38.6 Å². The Hall–Kier alpha value is -3.40. The van der Waals surface area contributed by atoms with E-state index in [1.54, 1.807) is 0 Å². The van der Waals surface area contributed by atoms with Crippen LogP contribution in [0.1, 0.15) is 42.5 Å². The highest BCUT2D eigenvalue weighted by Crippen LogP contribution is 2.31. The maximum atomic E-state index is 13.2. The number of nitrogens with zero attached hydrogens (tertiary/aromatic N) is 1. The molecule has 1 N–H and O–H groups in total. The molecule has 4 aromatic rings. The summed E-state index contributed by atoms with van der Waals surface area (Å²) in [7, 11) is 0. The Kier molecular flexibility index (Phi) is 5.29. The minimum Gasteiger partial charge on any atom is -0.337 e. The molecule has 0 atom stereocenters. The van der Waals surface area contributed by atoms with Crippen LogP contribution >= 0.6 is 0 Å². The number of aromatic nitrogens is 1.